The van der Waals surface area contributed by atoms with E-state index in [2.05, 4.69) is 34.0 Å². The van der Waals surface area contributed by atoms with E-state index in [1.54, 1.807) is 25.1 Å². The summed E-state index contributed by atoms with van der Waals surface area (Å²) in [7, 11) is -0.131. The molecule has 0 atom stereocenters. The molecule has 0 saturated carbocycles. The van der Waals surface area contributed by atoms with Gasteiger partial charge in [-0.2, -0.15) is 13.2 Å². The van der Waals surface area contributed by atoms with Gasteiger partial charge in [0.15, 0.2) is 9.84 Å². The number of benzene rings is 4. The number of nitrogens with one attached hydrogen (secondary N) is 3. The van der Waals surface area contributed by atoms with E-state index < -0.39 is 27.5 Å². The van der Waals surface area contributed by atoms with Crippen LogP contribution in [-0.2, 0) is 41.9 Å². The Morgan fingerprint density at radius 1 is 0.820 bits per heavy atom. The molecule has 264 valence electrons. The number of carbonyl (C=O) groups is 2. The van der Waals surface area contributed by atoms with Gasteiger partial charge >= 0.3 is 6.18 Å². The van der Waals surface area contributed by atoms with Crippen molar-refractivity contribution in [3.05, 3.63) is 117 Å². The highest BCUT2D eigenvalue weighted by molar-refractivity contribution is 7.90. The number of amides is 2. The first kappa shape index (κ1) is 36.6. The fourth-order valence-corrected chi connectivity index (χ4v) is 6.95. The minimum atomic E-state index is -4.60. The van der Waals surface area contributed by atoms with Gasteiger partial charge in [0.25, 0.3) is 11.8 Å². The minimum Gasteiger partial charge on any atom is -0.496 e. The van der Waals surface area contributed by atoms with Gasteiger partial charge in [-0.3, -0.25) is 9.59 Å². The molecule has 0 unspecified atom stereocenters. The molecular formula is C37H39F3N4O5S. The fourth-order valence-electron chi connectivity index (χ4n) is 5.95. The van der Waals surface area contributed by atoms with Crippen molar-refractivity contribution >= 4 is 33.0 Å². The van der Waals surface area contributed by atoms with Crippen LogP contribution < -0.4 is 20.7 Å². The summed E-state index contributed by atoms with van der Waals surface area (Å²) >= 11 is 0. The van der Waals surface area contributed by atoms with Crippen LogP contribution in [-0.4, -0.2) is 58.6 Å². The molecule has 2 amide bonds. The first-order valence-electron chi connectivity index (χ1n) is 15.9. The molecule has 3 N–H and O–H groups in total. The third-order valence-corrected chi connectivity index (χ3v) is 9.87. The van der Waals surface area contributed by atoms with Crippen LogP contribution in [0.2, 0.25) is 0 Å². The molecule has 4 aromatic rings. The van der Waals surface area contributed by atoms with Gasteiger partial charge < -0.3 is 25.6 Å². The molecule has 0 spiro atoms. The summed E-state index contributed by atoms with van der Waals surface area (Å²) in [5.41, 5.74) is 6.00. The van der Waals surface area contributed by atoms with Crippen molar-refractivity contribution in [2.24, 2.45) is 0 Å². The number of methoxy groups -OCH3 is 1. The van der Waals surface area contributed by atoms with Crippen molar-refractivity contribution < 1.29 is 35.9 Å². The number of fused-ring (bicyclic) bond motifs is 2. The fraction of sp³-hybridized carbons (Fsp3) is 0.297. The lowest BCUT2D eigenvalue weighted by Crippen LogP contribution is -2.26. The Hall–Kier alpha value is -4.72. The number of alkyl halides is 3. The monoisotopic (exact) mass is 708 g/mol. The molecule has 50 heavy (non-hydrogen) atoms. The lowest BCUT2D eigenvalue weighted by Gasteiger charge is -2.25. The second-order valence-corrected chi connectivity index (χ2v) is 14.4. The zero-order valence-electron chi connectivity index (χ0n) is 28.2. The third kappa shape index (κ3) is 8.89. The largest absolute Gasteiger partial charge is 0.496 e. The maximum Gasteiger partial charge on any atom is 0.419 e. The van der Waals surface area contributed by atoms with Crippen LogP contribution in [0.3, 0.4) is 0 Å². The van der Waals surface area contributed by atoms with E-state index in [4.69, 9.17) is 4.74 Å². The Labute approximate surface area is 289 Å². The summed E-state index contributed by atoms with van der Waals surface area (Å²) in [6.07, 6.45) is -1.52. The van der Waals surface area contributed by atoms with Crippen LogP contribution in [0.5, 0.6) is 5.75 Å². The number of ether oxygens (including phenoxy) is 1. The molecule has 0 aliphatic carbocycles. The van der Waals surface area contributed by atoms with E-state index in [0.29, 0.717) is 23.4 Å². The predicted molar refractivity (Wildman–Crippen MR) is 187 cm³/mol. The average Bonchev–Trinajstić information content (AvgIpc) is 3.07. The predicted octanol–water partition coefficient (Wildman–Crippen LogP) is 6.25. The van der Waals surface area contributed by atoms with Crippen LogP contribution >= 0.6 is 0 Å². The minimum absolute atomic E-state index is 0.0797. The van der Waals surface area contributed by atoms with Crippen LogP contribution in [0.25, 0.3) is 0 Å². The maximum atomic E-state index is 13.1. The van der Waals surface area contributed by atoms with E-state index in [1.807, 2.05) is 24.3 Å². The number of sulfone groups is 1. The molecule has 2 aliphatic heterocycles. The number of halogens is 3. The lowest BCUT2D eigenvalue weighted by molar-refractivity contribution is -0.138. The topological polar surface area (TPSA) is 117 Å². The zero-order chi connectivity index (χ0) is 36.2. The van der Waals surface area contributed by atoms with Gasteiger partial charge in [-0.05, 0) is 116 Å². The average molecular weight is 709 g/mol. The van der Waals surface area contributed by atoms with Gasteiger partial charge in [0.1, 0.15) is 5.75 Å². The summed E-state index contributed by atoms with van der Waals surface area (Å²) in [5.74, 6) is -1.23. The molecular weight excluding hydrogens is 669 g/mol. The summed E-state index contributed by atoms with van der Waals surface area (Å²) in [6, 6.07) is 19.5. The second kappa shape index (κ2) is 15.0. The van der Waals surface area contributed by atoms with E-state index in [1.165, 1.54) is 28.8 Å². The number of hydrogen-bond acceptors (Lipinski definition) is 7. The SMILES string of the molecule is COc1ccc(C(=O)Nc2ccc3c(c2)CNCC3)cc1C(F)(F)F.Cc1ccc(C(=O)Nc2ccc3c(c2)CN(C)CC3)cc1S(C)(=O)=O. The molecule has 0 radical (unpaired) electrons. The number of hydrogen-bond donors (Lipinski definition) is 3. The van der Waals surface area contributed by atoms with E-state index >= 15 is 0 Å². The Bertz CT molecular complexity index is 2030. The van der Waals surface area contributed by atoms with Crippen molar-refractivity contribution in [1.29, 1.82) is 0 Å². The quantitative estimate of drug-likeness (QED) is 0.217. The molecule has 0 bridgehead atoms. The summed E-state index contributed by atoms with van der Waals surface area (Å²) in [4.78, 5) is 27.3. The molecule has 0 aromatic heterocycles. The second-order valence-electron chi connectivity index (χ2n) is 12.5. The van der Waals surface area contributed by atoms with Crippen LogP contribution in [0, 0.1) is 6.92 Å². The van der Waals surface area contributed by atoms with E-state index in [9.17, 15) is 31.2 Å². The number of rotatable bonds is 6. The van der Waals surface area contributed by atoms with Crippen LogP contribution in [0.4, 0.5) is 24.5 Å². The Kier molecular flexibility index (Phi) is 11.0. The number of likely N-dealkylation sites (N-methyl/N-ethyl adjacent to an activating group) is 1. The van der Waals surface area contributed by atoms with Crippen molar-refractivity contribution in [3.63, 3.8) is 0 Å². The molecule has 6 rings (SSSR count). The van der Waals surface area contributed by atoms with Gasteiger partial charge in [-0.25, -0.2) is 8.42 Å². The van der Waals surface area contributed by atoms with Gasteiger partial charge in [0.05, 0.1) is 17.6 Å². The van der Waals surface area contributed by atoms with E-state index in [-0.39, 0.29) is 22.1 Å². The lowest BCUT2D eigenvalue weighted by atomic mass is 9.99. The van der Waals surface area contributed by atoms with Crippen molar-refractivity contribution in [2.45, 2.75) is 43.9 Å². The molecule has 9 nitrogen and oxygen atoms in total. The number of carbonyl (C=O) groups excluding carboxylic acids is 2. The normalized spacial score (nSPS) is 14.4. The third-order valence-electron chi connectivity index (χ3n) is 8.63. The molecule has 4 aromatic carbocycles. The standard InChI is InChI=1S/C19H22N2O3S.C18H17F3N2O2/c1-13-4-5-15(11-18(13)25(3,23)24)19(22)20-17-7-6-14-8-9-21(2)12-16(14)10-17;1-25-16-5-3-12(9-15(16)18(19,20)21)17(24)23-14-4-2-11-6-7-22-10-13(11)8-14/h4-7,10-11H,8-9,12H2,1-3H3,(H,20,22);2-5,8-9,22H,6-7,10H2,1H3,(H,23,24). The van der Waals surface area contributed by atoms with Gasteiger partial charge in [-0.15, -0.1) is 0 Å². The van der Waals surface area contributed by atoms with Crippen molar-refractivity contribution in [2.75, 3.05) is 44.1 Å². The van der Waals surface area contributed by atoms with E-state index in [0.717, 1.165) is 69.2 Å². The molecule has 2 aliphatic rings. The first-order chi connectivity index (χ1) is 23.6. The highest BCUT2D eigenvalue weighted by atomic mass is 32.2. The molecule has 13 heteroatoms. The molecule has 0 fully saturated rings. The first-order valence-corrected chi connectivity index (χ1v) is 17.8. The Morgan fingerprint density at radius 3 is 2.04 bits per heavy atom. The van der Waals surface area contributed by atoms with Crippen LogP contribution in [0.15, 0.2) is 77.7 Å². The molecule has 0 saturated heterocycles. The van der Waals surface area contributed by atoms with Gasteiger partial charge in [0, 0.05) is 48.4 Å². The van der Waals surface area contributed by atoms with Crippen LogP contribution in [0.1, 0.15) is 54.1 Å². The number of nitrogens with zero attached hydrogens (tertiary/aromatic N) is 1. The highest BCUT2D eigenvalue weighted by Gasteiger charge is 2.35. The van der Waals surface area contributed by atoms with Gasteiger partial charge in [0.2, 0.25) is 0 Å². The smallest absolute Gasteiger partial charge is 0.419 e. The molecule has 2 heterocycles. The maximum absolute atomic E-state index is 13.1. The summed E-state index contributed by atoms with van der Waals surface area (Å²) in [5, 5.41) is 8.76. The highest BCUT2D eigenvalue weighted by Crippen LogP contribution is 2.37. The Morgan fingerprint density at radius 2 is 1.42 bits per heavy atom. The van der Waals surface area contributed by atoms with Gasteiger partial charge in [-0.1, -0.05) is 18.2 Å². The Balaban J connectivity index is 0.000000194. The number of anilines is 2. The number of aryl methyl sites for hydroxylation is 1. The zero-order valence-corrected chi connectivity index (χ0v) is 29.0. The van der Waals surface area contributed by atoms with Crippen molar-refractivity contribution in [1.82, 2.24) is 10.2 Å². The summed E-state index contributed by atoms with van der Waals surface area (Å²) < 4.78 is 67.6. The van der Waals surface area contributed by atoms with Crippen molar-refractivity contribution in [3.8, 4) is 5.75 Å². The summed E-state index contributed by atoms with van der Waals surface area (Å²) in [6.45, 7) is 5.24.